The molecule has 0 unspecified atom stereocenters. The van der Waals surface area contributed by atoms with Crippen molar-refractivity contribution in [1.82, 2.24) is 10.2 Å². The first-order valence-corrected chi connectivity index (χ1v) is 9.15. The third-order valence-electron chi connectivity index (χ3n) is 4.53. The number of amides is 1. The molecule has 138 valence electrons. The number of nitrogens with one attached hydrogen (secondary N) is 1. The van der Waals surface area contributed by atoms with E-state index in [9.17, 15) is 9.18 Å². The molecule has 2 aromatic carbocycles. The molecule has 5 heteroatoms. The molecule has 2 aromatic rings. The van der Waals surface area contributed by atoms with Gasteiger partial charge in [-0.05, 0) is 49.2 Å². The van der Waals surface area contributed by atoms with Crippen molar-refractivity contribution in [2.24, 2.45) is 0 Å². The minimum absolute atomic E-state index is 0.0891. The molecule has 1 N–H and O–H groups in total. The van der Waals surface area contributed by atoms with Crippen molar-refractivity contribution in [3.63, 3.8) is 0 Å². The van der Waals surface area contributed by atoms with Crippen LogP contribution in [0.5, 0.6) is 5.75 Å². The van der Waals surface area contributed by atoms with Crippen LogP contribution in [0.15, 0.2) is 48.5 Å². The second-order valence-corrected chi connectivity index (χ2v) is 6.65. The summed E-state index contributed by atoms with van der Waals surface area (Å²) in [6.07, 6.45) is 3.88. The van der Waals surface area contributed by atoms with Crippen LogP contribution in [0.2, 0.25) is 0 Å². The predicted octanol–water partition coefficient (Wildman–Crippen LogP) is 3.51. The Kier molecular flexibility index (Phi) is 6.61. The van der Waals surface area contributed by atoms with E-state index in [-0.39, 0.29) is 18.3 Å². The van der Waals surface area contributed by atoms with E-state index in [4.69, 9.17) is 4.74 Å². The minimum atomic E-state index is -0.467. The highest BCUT2D eigenvalue weighted by Gasteiger charge is 2.11. The fraction of sp³-hybridized carbons (Fsp3) is 0.381. The molecule has 1 amide bonds. The van der Waals surface area contributed by atoms with Gasteiger partial charge in [0.15, 0.2) is 18.2 Å². The zero-order valence-electron chi connectivity index (χ0n) is 14.9. The summed E-state index contributed by atoms with van der Waals surface area (Å²) in [5, 5.41) is 2.82. The number of likely N-dealkylation sites (tertiary alicyclic amines) is 1. The Hall–Kier alpha value is -2.40. The van der Waals surface area contributed by atoms with Gasteiger partial charge in [-0.3, -0.25) is 9.69 Å². The molecule has 1 fully saturated rings. The van der Waals surface area contributed by atoms with E-state index < -0.39 is 5.82 Å². The Morgan fingerprint density at radius 3 is 2.62 bits per heavy atom. The van der Waals surface area contributed by atoms with E-state index in [0.29, 0.717) is 6.54 Å². The van der Waals surface area contributed by atoms with Crippen LogP contribution < -0.4 is 10.1 Å². The van der Waals surface area contributed by atoms with Crippen LogP contribution in [-0.2, 0) is 17.9 Å². The Balaban J connectivity index is 1.45. The molecule has 1 aliphatic heterocycles. The number of rotatable bonds is 7. The maximum atomic E-state index is 13.5. The molecular formula is C21H25FN2O2. The van der Waals surface area contributed by atoms with Crippen molar-refractivity contribution < 1.29 is 13.9 Å². The molecule has 0 saturated carbocycles. The largest absolute Gasteiger partial charge is 0.481 e. The molecule has 3 rings (SSSR count). The Labute approximate surface area is 154 Å². The van der Waals surface area contributed by atoms with Gasteiger partial charge in [-0.1, -0.05) is 42.8 Å². The number of halogens is 1. The number of piperidine rings is 1. The molecule has 1 aliphatic rings. The van der Waals surface area contributed by atoms with Crippen LogP contribution >= 0.6 is 0 Å². The summed E-state index contributed by atoms with van der Waals surface area (Å²) in [6, 6.07) is 14.3. The van der Waals surface area contributed by atoms with Gasteiger partial charge in [-0.2, -0.15) is 0 Å². The zero-order valence-corrected chi connectivity index (χ0v) is 14.9. The number of carbonyl (C=O) groups excluding carboxylic acids is 1. The fourth-order valence-corrected chi connectivity index (χ4v) is 3.17. The number of ether oxygens (including phenoxy) is 1. The molecule has 1 heterocycles. The molecule has 26 heavy (non-hydrogen) atoms. The molecule has 0 radical (unpaired) electrons. The zero-order chi connectivity index (χ0) is 18.2. The van der Waals surface area contributed by atoms with Gasteiger partial charge in [-0.25, -0.2) is 4.39 Å². The van der Waals surface area contributed by atoms with Crippen molar-refractivity contribution in [3.8, 4) is 5.75 Å². The first kappa shape index (κ1) is 18.4. The van der Waals surface area contributed by atoms with Crippen LogP contribution in [0.25, 0.3) is 0 Å². The summed E-state index contributed by atoms with van der Waals surface area (Å²) in [6.45, 7) is 3.52. The highest BCUT2D eigenvalue weighted by atomic mass is 19.1. The summed E-state index contributed by atoms with van der Waals surface area (Å²) in [4.78, 5) is 14.4. The van der Waals surface area contributed by atoms with Gasteiger partial charge in [0.1, 0.15) is 0 Å². The summed E-state index contributed by atoms with van der Waals surface area (Å²) in [5.74, 6) is -0.647. The van der Waals surface area contributed by atoms with Crippen LogP contribution in [0.4, 0.5) is 4.39 Å². The number of carbonyl (C=O) groups is 1. The first-order valence-electron chi connectivity index (χ1n) is 9.15. The van der Waals surface area contributed by atoms with Gasteiger partial charge in [0.05, 0.1) is 0 Å². The monoisotopic (exact) mass is 356 g/mol. The molecular weight excluding hydrogens is 331 g/mol. The summed E-state index contributed by atoms with van der Waals surface area (Å²) in [7, 11) is 0. The van der Waals surface area contributed by atoms with E-state index in [2.05, 4.69) is 22.3 Å². The smallest absolute Gasteiger partial charge is 0.258 e. The number of benzene rings is 2. The minimum Gasteiger partial charge on any atom is -0.481 e. The maximum absolute atomic E-state index is 13.5. The first-order chi connectivity index (χ1) is 12.7. The third kappa shape index (κ3) is 5.56. The van der Waals surface area contributed by atoms with E-state index >= 15 is 0 Å². The molecule has 0 bridgehead atoms. The van der Waals surface area contributed by atoms with Crippen molar-refractivity contribution in [1.29, 1.82) is 0 Å². The average Bonchev–Trinajstić information content (AvgIpc) is 2.67. The van der Waals surface area contributed by atoms with Crippen molar-refractivity contribution in [3.05, 3.63) is 65.5 Å². The number of hydrogen-bond donors (Lipinski definition) is 1. The summed E-state index contributed by atoms with van der Waals surface area (Å²) >= 11 is 0. The van der Waals surface area contributed by atoms with Gasteiger partial charge in [-0.15, -0.1) is 0 Å². The molecule has 4 nitrogen and oxygen atoms in total. The molecule has 1 saturated heterocycles. The van der Waals surface area contributed by atoms with Gasteiger partial charge in [0.2, 0.25) is 0 Å². The highest BCUT2D eigenvalue weighted by molar-refractivity contribution is 5.77. The normalized spacial score (nSPS) is 14.8. The maximum Gasteiger partial charge on any atom is 0.258 e. The van der Waals surface area contributed by atoms with E-state index in [1.54, 1.807) is 12.1 Å². The van der Waals surface area contributed by atoms with Gasteiger partial charge in [0.25, 0.3) is 5.91 Å². The standard InChI is InChI=1S/C21H25FN2O2/c22-19-9-2-3-10-20(19)26-16-21(25)23-14-17-7-6-8-18(13-17)15-24-11-4-1-5-12-24/h2-3,6-10,13H,1,4-5,11-12,14-16H2,(H,23,25). The lowest BCUT2D eigenvalue weighted by Gasteiger charge is -2.26. The average molecular weight is 356 g/mol. The fourth-order valence-electron chi connectivity index (χ4n) is 3.17. The number of hydrogen-bond acceptors (Lipinski definition) is 3. The number of nitrogens with zero attached hydrogens (tertiary/aromatic N) is 1. The molecule has 0 aromatic heterocycles. The summed E-state index contributed by atoms with van der Waals surface area (Å²) < 4.78 is 18.7. The van der Waals surface area contributed by atoms with Crippen molar-refractivity contribution >= 4 is 5.91 Å². The van der Waals surface area contributed by atoms with E-state index in [1.165, 1.54) is 37.0 Å². The molecule has 0 spiro atoms. The predicted molar refractivity (Wildman–Crippen MR) is 99.3 cm³/mol. The van der Waals surface area contributed by atoms with Crippen LogP contribution in [-0.4, -0.2) is 30.5 Å². The summed E-state index contributed by atoms with van der Waals surface area (Å²) in [5.41, 5.74) is 2.32. The van der Waals surface area contributed by atoms with Crippen molar-refractivity contribution in [2.45, 2.75) is 32.4 Å². The molecule has 0 aliphatic carbocycles. The second-order valence-electron chi connectivity index (χ2n) is 6.65. The van der Waals surface area contributed by atoms with Crippen LogP contribution in [0.1, 0.15) is 30.4 Å². The van der Waals surface area contributed by atoms with Gasteiger partial charge >= 0.3 is 0 Å². The number of para-hydroxylation sites is 1. The SMILES string of the molecule is O=C(COc1ccccc1F)NCc1cccc(CN2CCCCC2)c1. The second kappa shape index (κ2) is 9.34. The van der Waals surface area contributed by atoms with E-state index in [1.807, 2.05) is 12.1 Å². The quantitative estimate of drug-likeness (QED) is 0.825. The van der Waals surface area contributed by atoms with E-state index in [0.717, 1.165) is 25.2 Å². The Morgan fingerprint density at radius 2 is 1.81 bits per heavy atom. The lowest BCUT2D eigenvalue weighted by Crippen LogP contribution is -2.29. The Bertz CT molecular complexity index is 729. The topological polar surface area (TPSA) is 41.6 Å². The molecule has 0 atom stereocenters. The third-order valence-corrected chi connectivity index (χ3v) is 4.53. The van der Waals surface area contributed by atoms with Crippen molar-refractivity contribution in [2.75, 3.05) is 19.7 Å². The van der Waals surface area contributed by atoms with Gasteiger partial charge in [0, 0.05) is 13.1 Å². The van der Waals surface area contributed by atoms with Crippen LogP contribution in [0, 0.1) is 5.82 Å². The Morgan fingerprint density at radius 1 is 1.04 bits per heavy atom. The highest BCUT2D eigenvalue weighted by Crippen LogP contribution is 2.15. The van der Waals surface area contributed by atoms with Crippen LogP contribution in [0.3, 0.4) is 0 Å². The van der Waals surface area contributed by atoms with Gasteiger partial charge < -0.3 is 10.1 Å². The lowest BCUT2D eigenvalue weighted by molar-refractivity contribution is -0.123. The lowest BCUT2D eigenvalue weighted by atomic mass is 10.1.